The summed E-state index contributed by atoms with van der Waals surface area (Å²) in [5, 5.41) is 6.03. The van der Waals surface area contributed by atoms with Gasteiger partial charge in [-0.15, -0.1) is 0 Å². The Kier molecular flexibility index (Phi) is 4.79. The molecule has 0 saturated carbocycles. The first-order valence-electron chi connectivity index (χ1n) is 6.24. The number of carbonyl (C=O) groups is 2. The largest absolute Gasteiger partial charge is 0.366 e. The lowest BCUT2D eigenvalue weighted by Crippen LogP contribution is -2.28. The Balaban J connectivity index is 1.86. The number of benzene rings is 2. The summed E-state index contributed by atoms with van der Waals surface area (Å²) in [5.74, 6) is -0.506. The van der Waals surface area contributed by atoms with E-state index in [9.17, 15) is 9.59 Å². The average Bonchev–Trinajstić information content (AvgIpc) is 2.47. The van der Waals surface area contributed by atoms with Gasteiger partial charge in [0, 0.05) is 22.8 Å². The maximum atomic E-state index is 11.7. The minimum absolute atomic E-state index is 0.336. The number of hydrogen-bond donors (Lipinski definition) is 3. The molecule has 0 aliphatic heterocycles. The molecule has 0 heterocycles. The molecule has 6 heteroatoms. The summed E-state index contributed by atoms with van der Waals surface area (Å²) in [6.45, 7) is 0.391. The highest BCUT2D eigenvalue weighted by Gasteiger charge is 2.03. The summed E-state index contributed by atoms with van der Waals surface area (Å²) < 4.78 is 0. The molecule has 0 aromatic heterocycles. The molecular weight excluding hydrogens is 290 g/mol. The van der Waals surface area contributed by atoms with Gasteiger partial charge in [-0.3, -0.25) is 4.79 Å². The van der Waals surface area contributed by atoms with Gasteiger partial charge in [0.25, 0.3) is 0 Å². The first-order valence-corrected chi connectivity index (χ1v) is 6.61. The van der Waals surface area contributed by atoms with Gasteiger partial charge in [-0.05, 0) is 42.0 Å². The number of hydrogen-bond acceptors (Lipinski definition) is 2. The van der Waals surface area contributed by atoms with Gasteiger partial charge in [-0.1, -0.05) is 23.7 Å². The molecule has 0 aliphatic carbocycles. The van der Waals surface area contributed by atoms with Crippen LogP contribution in [0.25, 0.3) is 0 Å². The molecule has 0 fully saturated rings. The number of nitrogens with one attached hydrogen (secondary N) is 2. The predicted molar refractivity (Wildman–Crippen MR) is 82.3 cm³/mol. The number of primary amides is 1. The second-order valence-electron chi connectivity index (χ2n) is 4.38. The second kappa shape index (κ2) is 6.76. The summed E-state index contributed by atoms with van der Waals surface area (Å²) in [7, 11) is 0. The summed E-state index contributed by atoms with van der Waals surface area (Å²) in [4.78, 5) is 22.7. The van der Waals surface area contributed by atoms with E-state index in [0.29, 0.717) is 22.8 Å². The van der Waals surface area contributed by atoms with E-state index in [2.05, 4.69) is 10.6 Å². The van der Waals surface area contributed by atoms with Gasteiger partial charge < -0.3 is 16.4 Å². The van der Waals surface area contributed by atoms with E-state index in [-0.39, 0.29) is 6.03 Å². The highest BCUT2D eigenvalue weighted by Crippen LogP contribution is 2.10. The zero-order valence-corrected chi connectivity index (χ0v) is 11.9. The fourth-order valence-electron chi connectivity index (χ4n) is 1.68. The van der Waals surface area contributed by atoms with Gasteiger partial charge in [-0.25, -0.2) is 4.79 Å². The molecule has 2 rings (SSSR count). The molecule has 0 atom stereocenters. The third-order valence-electron chi connectivity index (χ3n) is 2.79. The summed E-state index contributed by atoms with van der Waals surface area (Å²) in [6, 6.07) is 13.2. The first-order chi connectivity index (χ1) is 10.0. The normalized spacial score (nSPS) is 9.95. The van der Waals surface area contributed by atoms with E-state index < -0.39 is 5.91 Å². The second-order valence-corrected chi connectivity index (χ2v) is 4.81. The molecule has 21 heavy (non-hydrogen) atoms. The molecule has 0 spiro atoms. The minimum atomic E-state index is -0.506. The van der Waals surface area contributed by atoms with E-state index in [1.807, 2.05) is 12.1 Å². The number of anilines is 1. The van der Waals surface area contributed by atoms with Crippen LogP contribution in [0.5, 0.6) is 0 Å². The van der Waals surface area contributed by atoms with Crippen molar-refractivity contribution in [2.45, 2.75) is 6.54 Å². The van der Waals surface area contributed by atoms with Crippen LogP contribution in [0.15, 0.2) is 48.5 Å². The Morgan fingerprint density at radius 3 is 2.19 bits per heavy atom. The molecule has 0 unspecified atom stereocenters. The molecule has 3 amide bonds. The fraction of sp³-hybridized carbons (Fsp3) is 0.0667. The van der Waals surface area contributed by atoms with E-state index in [0.717, 1.165) is 5.56 Å². The Morgan fingerprint density at radius 1 is 1.00 bits per heavy atom. The van der Waals surface area contributed by atoms with Crippen molar-refractivity contribution in [3.05, 3.63) is 64.7 Å². The van der Waals surface area contributed by atoms with Crippen molar-refractivity contribution >= 4 is 29.2 Å². The third-order valence-corrected chi connectivity index (χ3v) is 3.05. The highest BCUT2D eigenvalue weighted by molar-refractivity contribution is 6.30. The number of nitrogens with two attached hydrogens (primary N) is 1. The Bertz CT molecular complexity index is 639. The van der Waals surface area contributed by atoms with Crippen LogP contribution in [-0.4, -0.2) is 11.9 Å². The maximum Gasteiger partial charge on any atom is 0.319 e. The van der Waals surface area contributed by atoms with Crippen molar-refractivity contribution in [1.82, 2.24) is 5.32 Å². The molecule has 0 aliphatic rings. The summed E-state index contributed by atoms with van der Waals surface area (Å²) >= 11 is 5.78. The first kappa shape index (κ1) is 14.9. The van der Waals surface area contributed by atoms with Crippen LogP contribution in [0.4, 0.5) is 10.5 Å². The lowest BCUT2D eigenvalue weighted by atomic mass is 10.2. The maximum absolute atomic E-state index is 11.7. The topological polar surface area (TPSA) is 84.2 Å². The van der Waals surface area contributed by atoms with Crippen molar-refractivity contribution in [1.29, 1.82) is 0 Å². The summed E-state index contributed by atoms with van der Waals surface area (Å²) in [6.07, 6.45) is 0. The molecule has 0 saturated heterocycles. The van der Waals surface area contributed by atoms with Crippen molar-refractivity contribution in [2.75, 3.05) is 5.32 Å². The van der Waals surface area contributed by atoms with Gasteiger partial charge in [0.1, 0.15) is 0 Å². The number of urea groups is 1. The SMILES string of the molecule is NC(=O)c1ccc(NC(=O)NCc2ccc(Cl)cc2)cc1. The van der Waals surface area contributed by atoms with E-state index in [1.54, 1.807) is 36.4 Å². The van der Waals surface area contributed by atoms with Crippen molar-refractivity contribution < 1.29 is 9.59 Å². The Morgan fingerprint density at radius 2 is 1.62 bits per heavy atom. The van der Waals surface area contributed by atoms with Crippen LogP contribution in [0, 0.1) is 0 Å². The quantitative estimate of drug-likeness (QED) is 0.811. The van der Waals surface area contributed by atoms with Crippen LogP contribution in [-0.2, 0) is 6.54 Å². The van der Waals surface area contributed by atoms with Crippen LogP contribution in [0.3, 0.4) is 0 Å². The molecular formula is C15H14ClN3O2. The Labute approximate surface area is 127 Å². The van der Waals surface area contributed by atoms with Crippen LogP contribution < -0.4 is 16.4 Å². The minimum Gasteiger partial charge on any atom is -0.366 e. The van der Waals surface area contributed by atoms with Gasteiger partial charge >= 0.3 is 6.03 Å². The van der Waals surface area contributed by atoms with Gasteiger partial charge in [0.15, 0.2) is 0 Å². The van der Waals surface area contributed by atoms with Gasteiger partial charge in [0.05, 0.1) is 0 Å². The van der Waals surface area contributed by atoms with E-state index in [1.165, 1.54) is 0 Å². The van der Waals surface area contributed by atoms with Crippen LogP contribution >= 0.6 is 11.6 Å². The lowest BCUT2D eigenvalue weighted by molar-refractivity contribution is 0.100. The number of halogens is 1. The average molecular weight is 304 g/mol. The van der Waals surface area contributed by atoms with Crippen molar-refractivity contribution in [2.24, 2.45) is 5.73 Å². The standard InChI is InChI=1S/C15H14ClN3O2/c16-12-5-1-10(2-6-12)9-18-15(21)19-13-7-3-11(4-8-13)14(17)20/h1-8H,9H2,(H2,17,20)(H2,18,19,21). The van der Waals surface area contributed by atoms with Crippen molar-refractivity contribution in [3.8, 4) is 0 Å². The molecule has 2 aromatic rings. The molecule has 5 nitrogen and oxygen atoms in total. The zero-order valence-electron chi connectivity index (χ0n) is 11.1. The lowest BCUT2D eigenvalue weighted by Gasteiger charge is -2.08. The fourth-order valence-corrected chi connectivity index (χ4v) is 1.80. The molecule has 0 bridgehead atoms. The van der Waals surface area contributed by atoms with Gasteiger partial charge in [0.2, 0.25) is 5.91 Å². The smallest absolute Gasteiger partial charge is 0.319 e. The molecule has 4 N–H and O–H groups in total. The van der Waals surface area contributed by atoms with Crippen molar-refractivity contribution in [3.63, 3.8) is 0 Å². The number of carbonyl (C=O) groups excluding carboxylic acids is 2. The zero-order chi connectivity index (χ0) is 15.2. The molecule has 108 valence electrons. The number of rotatable bonds is 4. The van der Waals surface area contributed by atoms with Crippen LogP contribution in [0.1, 0.15) is 15.9 Å². The molecule has 2 aromatic carbocycles. The van der Waals surface area contributed by atoms with E-state index >= 15 is 0 Å². The third kappa shape index (κ3) is 4.50. The molecule has 0 radical (unpaired) electrons. The highest BCUT2D eigenvalue weighted by atomic mass is 35.5. The summed E-state index contributed by atoms with van der Waals surface area (Å²) in [5.41, 5.74) is 7.05. The number of amides is 3. The van der Waals surface area contributed by atoms with E-state index in [4.69, 9.17) is 17.3 Å². The van der Waals surface area contributed by atoms with Gasteiger partial charge in [-0.2, -0.15) is 0 Å². The monoisotopic (exact) mass is 303 g/mol. The Hall–Kier alpha value is -2.53. The predicted octanol–water partition coefficient (Wildman–Crippen LogP) is 2.76. The van der Waals surface area contributed by atoms with Crippen LogP contribution in [0.2, 0.25) is 5.02 Å².